The number of nitrogens with two attached hydrogens (primary N) is 1. The molecular weight excluding hydrogens is 204 g/mol. The second-order valence-electron chi connectivity index (χ2n) is 3.62. The zero-order chi connectivity index (χ0) is 11.1. The van der Waals surface area contributed by atoms with Crippen molar-refractivity contribution in [2.24, 2.45) is 0 Å². The topological polar surface area (TPSA) is 84.9 Å². The van der Waals surface area contributed by atoms with Crippen LogP contribution in [0.3, 0.4) is 0 Å². The Kier molecular flexibility index (Phi) is 1.70. The van der Waals surface area contributed by atoms with Gasteiger partial charge in [0.05, 0.1) is 11.9 Å². The first-order valence-corrected chi connectivity index (χ1v) is 4.86. The van der Waals surface area contributed by atoms with Gasteiger partial charge in [-0.15, -0.1) is 0 Å². The van der Waals surface area contributed by atoms with Crippen molar-refractivity contribution in [3.63, 3.8) is 0 Å². The predicted molar refractivity (Wildman–Crippen MR) is 59.7 cm³/mol. The normalized spacial score (nSPS) is 11.1. The van der Waals surface area contributed by atoms with Gasteiger partial charge in [-0.05, 0) is 12.5 Å². The standard InChI is InChI=1S/C10H10N6/c1-6-5-16-9(2-3-12-16)13-10(6)7-4-8(11)15-14-7/h2-5H,1H3,(H3,11,14,15). The van der Waals surface area contributed by atoms with E-state index in [1.165, 1.54) is 0 Å². The zero-order valence-corrected chi connectivity index (χ0v) is 8.68. The number of nitrogens with one attached hydrogen (secondary N) is 1. The van der Waals surface area contributed by atoms with Crippen LogP contribution in [0.15, 0.2) is 24.5 Å². The molecule has 0 aliphatic carbocycles. The second-order valence-corrected chi connectivity index (χ2v) is 3.62. The first kappa shape index (κ1) is 8.90. The zero-order valence-electron chi connectivity index (χ0n) is 8.68. The van der Waals surface area contributed by atoms with E-state index < -0.39 is 0 Å². The molecular formula is C10H10N6. The summed E-state index contributed by atoms with van der Waals surface area (Å²) in [5.74, 6) is 0.532. The van der Waals surface area contributed by atoms with Crippen LogP contribution in [-0.2, 0) is 0 Å². The maximum absolute atomic E-state index is 5.60. The van der Waals surface area contributed by atoms with Crippen LogP contribution in [0.4, 0.5) is 5.82 Å². The Bertz CT molecular complexity index is 650. The molecule has 0 saturated heterocycles. The molecule has 3 rings (SSSR count). The van der Waals surface area contributed by atoms with Crippen LogP contribution in [0.25, 0.3) is 17.0 Å². The minimum atomic E-state index is 0.532. The summed E-state index contributed by atoms with van der Waals surface area (Å²) in [6.45, 7) is 1.97. The second kappa shape index (κ2) is 3.06. The third-order valence-electron chi connectivity index (χ3n) is 2.41. The number of aromatic nitrogens is 5. The molecule has 0 fully saturated rings. The van der Waals surface area contributed by atoms with Crippen LogP contribution in [-0.4, -0.2) is 24.8 Å². The monoisotopic (exact) mass is 214 g/mol. The lowest BCUT2D eigenvalue weighted by atomic mass is 10.2. The Morgan fingerprint density at radius 2 is 2.31 bits per heavy atom. The molecule has 0 atom stereocenters. The van der Waals surface area contributed by atoms with E-state index in [1.54, 1.807) is 16.8 Å². The molecule has 0 bridgehead atoms. The lowest BCUT2D eigenvalue weighted by Gasteiger charge is -2.02. The highest BCUT2D eigenvalue weighted by atomic mass is 15.2. The first-order valence-electron chi connectivity index (χ1n) is 4.86. The minimum Gasteiger partial charge on any atom is -0.384 e. The molecule has 0 radical (unpaired) electrons. The molecule has 0 aromatic carbocycles. The van der Waals surface area contributed by atoms with E-state index in [-0.39, 0.29) is 0 Å². The van der Waals surface area contributed by atoms with Crippen LogP contribution in [0.1, 0.15) is 5.56 Å². The van der Waals surface area contributed by atoms with Gasteiger partial charge in [0.15, 0.2) is 5.65 Å². The Morgan fingerprint density at radius 3 is 3.06 bits per heavy atom. The molecule has 0 saturated carbocycles. The summed E-state index contributed by atoms with van der Waals surface area (Å²) in [7, 11) is 0. The van der Waals surface area contributed by atoms with Crippen molar-refractivity contribution in [2.45, 2.75) is 6.92 Å². The summed E-state index contributed by atoms with van der Waals surface area (Å²) >= 11 is 0. The molecule has 3 aromatic heterocycles. The summed E-state index contributed by atoms with van der Waals surface area (Å²) in [5, 5.41) is 10.9. The predicted octanol–water partition coefficient (Wildman–Crippen LogP) is 1.01. The minimum absolute atomic E-state index is 0.532. The van der Waals surface area contributed by atoms with E-state index in [0.29, 0.717) is 5.82 Å². The van der Waals surface area contributed by atoms with Crippen LogP contribution >= 0.6 is 0 Å². The number of fused-ring (bicyclic) bond motifs is 1. The van der Waals surface area contributed by atoms with Gasteiger partial charge in [0.25, 0.3) is 0 Å². The van der Waals surface area contributed by atoms with Crippen molar-refractivity contribution in [3.05, 3.63) is 30.1 Å². The maximum atomic E-state index is 5.60. The number of hydrogen-bond donors (Lipinski definition) is 2. The fourth-order valence-corrected chi connectivity index (χ4v) is 1.66. The number of H-pyrrole nitrogens is 1. The largest absolute Gasteiger partial charge is 0.384 e. The van der Waals surface area contributed by atoms with E-state index >= 15 is 0 Å². The summed E-state index contributed by atoms with van der Waals surface area (Å²) in [4.78, 5) is 4.48. The highest BCUT2D eigenvalue weighted by Crippen LogP contribution is 2.20. The summed E-state index contributed by atoms with van der Waals surface area (Å²) in [5.41, 5.74) is 8.96. The average Bonchev–Trinajstić information content (AvgIpc) is 2.84. The number of rotatable bonds is 1. The third kappa shape index (κ3) is 1.23. The molecule has 0 aliphatic rings. The van der Waals surface area contributed by atoms with Gasteiger partial charge in [-0.3, -0.25) is 5.10 Å². The van der Waals surface area contributed by atoms with Gasteiger partial charge >= 0.3 is 0 Å². The van der Waals surface area contributed by atoms with E-state index in [2.05, 4.69) is 20.3 Å². The lowest BCUT2D eigenvalue weighted by molar-refractivity contribution is 0.927. The third-order valence-corrected chi connectivity index (χ3v) is 2.41. The van der Waals surface area contributed by atoms with Crippen molar-refractivity contribution < 1.29 is 0 Å². The van der Waals surface area contributed by atoms with Crippen LogP contribution < -0.4 is 5.73 Å². The fraction of sp³-hybridized carbons (Fsp3) is 0.100. The van der Waals surface area contributed by atoms with Gasteiger partial charge in [0, 0.05) is 18.3 Å². The molecule has 80 valence electrons. The van der Waals surface area contributed by atoms with Crippen LogP contribution in [0, 0.1) is 6.92 Å². The molecule has 0 amide bonds. The van der Waals surface area contributed by atoms with E-state index in [4.69, 9.17) is 5.73 Å². The summed E-state index contributed by atoms with van der Waals surface area (Å²) < 4.78 is 1.73. The molecule has 6 heteroatoms. The number of anilines is 1. The number of aromatic amines is 1. The Morgan fingerprint density at radius 1 is 1.44 bits per heavy atom. The average molecular weight is 214 g/mol. The molecule has 3 aromatic rings. The molecule has 0 unspecified atom stereocenters. The van der Waals surface area contributed by atoms with Gasteiger partial charge in [-0.2, -0.15) is 10.2 Å². The number of nitrogen functional groups attached to an aromatic ring is 1. The molecule has 3 heterocycles. The summed E-state index contributed by atoms with van der Waals surface area (Å²) in [6.07, 6.45) is 3.63. The molecule has 0 spiro atoms. The molecule has 3 N–H and O–H groups in total. The van der Waals surface area contributed by atoms with Gasteiger partial charge in [0.1, 0.15) is 11.5 Å². The molecule has 0 aliphatic heterocycles. The van der Waals surface area contributed by atoms with Crippen molar-refractivity contribution in [3.8, 4) is 11.4 Å². The molecule has 6 nitrogen and oxygen atoms in total. The van der Waals surface area contributed by atoms with Crippen LogP contribution in [0.5, 0.6) is 0 Å². The van der Waals surface area contributed by atoms with E-state index in [0.717, 1.165) is 22.6 Å². The Balaban J connectivity index is 2.26. The van der Waals surface area contributed by atoms with Gasteiger partial charge in [0.2, 0.25) is 0 Å². The molecule has 16 heavy (non-hydrogen) atoms. The van der Waals surface area contributed by atoms with Crippen molar-refractivity contribution in [1.82, 2.24) is 24.8 Å². The number of nitrogens with zero attached hydrogens (tertiary/aromatic N) is 4. The van der Waals surface area contributed by atoms with E-state index in [1.807, 2.05) is 19.2 Å². The van der Waals surface area contributed by atoms with Crippen molar-refractivity contribution in [2.75, 3.05) is 5.73 Å². The number of aryl methyl sites for hydroxylation is 1. The van der Waals surface area contributed by atoms with Gasteiger partial charge in [-0.1, -0.05) is 0 Å². The van der Waals surface area contributed by atoms with Crippen molar-refractivity contribution in [1.29, 1.82) is 0 Å². The van der Waals surface area contributed by atoms with Gasteiger partial charge < -0.3 is 5.73 Å². The van der Waals surface area contributed by atoms with Crippen molar-refractivity contribution >= 4 is 11.5 Å². The Labute approximate surface area is 91.1 Å². The smallest absolute Gasteiger partial charge is 0.155 e. The maximum Gasteiger partial charge on any atom is 0.155 e. The quantitative estimate of drug-likeness (QED) is 0.633. The van der Waals surface area contributed by atoms with E-state index in [9.17, 15) is 0 Å². The highest BCUT2D eigenvalue weighted by Gasteiger charge is 2.09. The SMILES string of the molecule is Cc1cn2nccc2nc1-c1cc(N)[nH]n1. The number of hydrogen-bond acceptors (Lipinski definition) is 4. The van der Waals surface area contributed by atoms with Crippen LogP contribution in [0.2, 0.25) is 0 Å². The van der Waals surface area contributed by atoms with Gasteiger partial charge in [-0.25, -0.2) is 9.50 Å². The summed E-state index contributed by atoms with van der Waals surface area (Å²) in [6, 6.07) is 3.61. The lowest BCUT2D eigenvalue weighted by Crippen LogP contribution is -1.96. The Hall–Kier alpha value is -2.37. The fourth-order valence-electron chi connectivity index (χ4n) is 1.66. The highest BCUT2D eigenvalue weighted by molar-refractivity contribution is 5.63. The first-order chi connectivity index (χ1) is 7.74.